The zero-order valence-corrected chi connectivity index (χ0v) is 13.3. The monoisotopic (exact) mass is 336 g/mol. The molecule has 2 aliphatic rings. The van der Waals surface area contributed by atoms with Crippen LogP contribution in [0.25, 0.3) is 0 Å². The van der Waals surface area contributed by atoms with E-state index in [9.17, 15) is 15.2 Å². The summed E-state index contributed by atoms with van der Waals surface area (Å²) in [5.74, 6) is 0.614. The molecule has 4 rings (SSSR count). The summed E-state index contributed by atoms with van der Waals surface area (Å²) in [6, 6.07) is 15.6. The van der Waals surface area contributed by atoms with E-state index >= 15 is 0 Å². The van der Waals surface area contributed by atoms with Gasteiger partial charge in [0.05, 0.1) is 18.7 Å². The van der Waals surface area contributed by atoms with Crippen molar-refractivity contribution in [2.45, 2.75) is 18.0 Å². The van der Waals surface area contributed by atoms with Crippen LogP contribution in [0.15, 0.2) is 48.5 Å². The van der Waals surface area contributed by atoms with E-state index in [4.69, 9.17) is 9.47 Å². The van der Waals surface area contributed by atoms with Crippen LogP contribution in [0.4, 0.5) is 0 Å². The topological polar surface area (TPSA) is 82.8 Å². The lowest BCUT2D eigenvalue weighted by atomic mass is 9.75. The van der Waals surface area contributed by atoms with E-state index in [0.29, 0.717) is 17.1 Å². The molecule has 2 aromatic rings. The van der Waals surface area contributed by atoms with E-state index in [1.807, 2.05) is 30.3 Å². The van der Waals surface area contributed by atoms with E-state index in [0.717, 1.165) is 5.56 Å². The van der Waals surface area contributed by atoms with Gasteiger partial charge in [-0.05, 0) is 23.8 Å². The van der Waals surface area contributed by atoms with Gasteiger partial charge in [-0.2, -0.15) is 5.26 Å². The molecule has 0 unspecified atom stereocenters. The second-order valence-corrected chi connectivity index (χ2v) is 6.04. The van der Waals surface area contributed by atoms with Crippen LogP contribution >= 0.6 is 0 Å². The van der Waals surface area contributed by atoms with Crippen molar-refractivity contribution in [1.29, 1.82) is 5.26 Å². The van der Waals surface area contributed by atoms with E-state index in [2.05, 4.69) is 6.07 Å². The minimum atomic E-state index is -0.613. The normalized spacial score (nSPS) is 23.7. The van der Waals surface area contributed by atoms with Crippen LogP contribution in [-0.4, -0.2) is 41.4 Å². The third-order valence-electron chi connectivity index (χ3n) is 4.77. The smallest absolute Gasteiger partial charge is 0.255 e. The molecule has 0 aromatic heterocycles. The molecule has 6 heteroatoms. The molecule has 126 valence electrons. The highest BCUT2D eigenvalue weighted by Crippen LogP contribution is 2.42. The number of rotatable bonds is 3. The number of nitrogens with zero attached hydrogens (tertiary/aromatic N) is 2. The lowest BCUT2D eigenvalue weighted by Gasteiger charge is -2.51. The van der Waals surface area contributed by atoms with Crippen LogP contribution in [0.1, 0.15) is 21.8 Å². The molecule has 25 heavy (non-hydrogen) atoms. The fourth-order valence-electron chi connectivity index (χ4n) is 3.54. The number of aliphatic hydroxyl groups excluding tert-OH is 1. The van der Waals surface area contributed by atoms with Gasteiger partial charge in [0.25, 0.3) is 5.91 Å². The largest absolute Gasteiger partial charge is 0.454 e. The van der Waals surface area contributed by atoms with Gasteiger partial charge in [-0.15, -0.1) is 0 Å². The van der Waals surface area contributed by atoms with Crippen LogP contribution in [0, 0.1) is 11.3 Å². The van der Waals surface area contributed by atoms with Crippen molar-refractivity contribution in [1.82, 2.24) is 4.90 Å². The van der Waals surface area contributed by atoms with E-state index in [1.54, 1.807) is 18.2 Å². The number of amides is 1. The van der Waals surface area contributed by atoms with E-state index in [1.165, 1.54) is 4.90 Å². The summed E-state index contributed by atoms with van der Waals surface area (Å²) in [7, 11) is 0. The number of nitriles is 1. The van der Waals surface area contributed by atoms with Gasteiger partial charge >= 0.3 is 0 Å². The highest BCUT2D eigenvalue weighted by atomic mass is 16.7. The Morgan fingerprint density at radius 1 is 1.20 bits per heavy atom. The summed E-state index contributed by atoms with van der Waals surface area (Å²) in [6.45, 7) is -0.0686. The Hall–Kier alpha value is -3.04. The Bertz CT molecular complexity index is 846. The zero-order chi connectivity index (χ0) is 17.4. The maximum absolute atomic E-state index is 12.9. The number of fused-ring (bicyclic) bond motifs is 1. The first-order valence-corrected chi connectivity index (χ1v) is 8.02. The Kier molecular flexibility index (Phi) is 3.79. The van der Waals surface area contributed by atoms with Gasteiger partial charge in [0.1, 0.15) is 6.04 Å². The highest BCUT2D eigenvalue weighted by Gasteiger charge is 2.51. The maximum atomic E-state index is 12.9. The molecular formula is C19H16N2O4. The van der Waals surface area contributed by atoms with Crippen LogP contribution < -0.4 is 9.47 Å². The van der Waals surface area contributed by atoms with Crippen molar-refractivity contribution in [3.63, 3.8) is 0 Å². The second kappa shape index (κ2) is 6.11. The standard InChI is InChI=1S/C19H16N2O4/c20-9-14-18(12-4-2-1-3-5-12)15(10-22)21(14)19(23)13-6-7-16-17(8-13)25-11-24-16/h1-8,14-15,18,22H,10-11H2/t14-,15-,18+/m0/s1. The van der Waals surface area contributed by atoms with Crippen molar-refractivity contribution in [3.8, 4) is 17.6 Å². The first-order valence-electron chi connectivity index (χ1n) is 8.02. The lowest BCUT2D eigenvalue weighted by molar-refractivity contribution is -0.00586. The number of likely N-dealkylation sites (tertiary alicyclic amines) is 1. The van der Waals surface area contributed by atoms with Crippen LogP contribution in [0.2, 0.25) is 0 Å². The predicted molar refractivity (Wildman–Crippen MR) is 88.2 cm³/mol. The molecule has 2 heterocycles. The molecule has 0 aliphatic carbocycles. The van der Waals surface area contributed by atoms with E-state index in [-0.39, 0.29) is 25.2 Å². The van der Waals surface area contributed by atoms with E-state index < -0.39 is 12.1 Å². The summed E-state index contributed by atoms with van der Waals surface area (Å²) >= 11 is 0. The lowest BCUT2D eigenvalue weighted by Crippen LogP contribution is -2.65. The molecular weight excluding hydrogens is 320 g/mol. The zero-order valence-electron chi connectivity index (χ0n) is 13.3. The second-order valence-electron chi connectivity index (χ2n) is 6.04. The molecule has 1 saturated heterocycles. The Labute approximate surface area is 144 Å². The minimum absolute atomic E-state index is 0.132. The van der Waals surface area contributed by atoms with Crippen LogP contribution in [0.5, 0.6) is 11.5 Å². The third-order valence-corrected chi connectivity index (χ3v) is 4.77. The van der Waals surface area contributed by atoms with Gasteiger partial charge in [0, 0.05) is 11.5 Å². The number of hydrogen-bond donors (Lipinski definition) is 1. The Morgan fingerprint density at radius 3 is 2.68 bits per heavy atom. The molecule has 6 nitrogen and oxygen atoms in total. The van der Waals surface area contributed by atoms with Crippen molar-refractivity contribution in [3.05, 3.63) is 59.7 Å². The summed E-state index contributed by atoms with van der Waals surface area (Å²) in [6.07, 6.45) is 0. The van der Waals surface area contributed by atoms with Gasteiger partial charge in [0.15, 0.2) is 11.5 Å². The molecule has 0 saturated carbocycles. The van der Waals surface area contributed by atoms with Crippen molar-refractivity contribution >= 4 is 5.91 Å². The summed E-state index contributed by atoms with van der Waals surface area (Å²) < 4.78 is 10.6. The first-order chi connectivity index (χ1) is 12.2. The predicted octanol–water partition coefficient (Wildman–Crippen LogP) is 1.91. The molecule has 1 N–H and O–H groups in total. The summed E-state index contributed by atoms with van der Waals surface area (Å²) in [5, 5.41) is 19.4. The number of ether oxygens (including phenoxy) is 2. The fraction of sp³-hybridized carbons (Fsp3) is 0.263. The third kappa shape index (κ3) is 2.41. The molecule has 0 spiro atoms. The van der Waals surface area contributed by atoms with Crippen LogP contribution in [0.3, 0.4) is 0 Å². The molecule has 3 atom stereocenters. The van der Waals surface area contributed by atoms with Crippen LogP contribution in [-0.2, 0) is 0 Å². The van der Waals surface area contributed by atoms with Crippen molar-refractivity contribution < 1.29 is 19.4 Å². The van der Waals surface area contributed by atoms with Gasteiger partial charge < -0.3 is 19.5 Å². The van der Waals surface area contributed by atoms with Gasteiger partial charge in [-0.25, -0.2) is 0 Å². The maximum Gasteiger partial charge on any atom is 0.255 e. The van der Waals surface area contributed by atoms with Crippen molar-refractivity contribution in [2.24, 2.45) is 0 Å². The molecule has 2 aromatic carbocycles. The summed E-state index contributed by atoms with van der Waals surface area (Å²) in [4.78, 5) is 14.4. The first kappa shape index (κ1) is 15.5. The Balaban J connectivity index is 1.63. The quantitative estimate of drug-likeness (QED) is 0.926. The SMILES string of the molecule is N#C[C@H]1[C@@H](c2ccccc2)[C@H](CO)N1C(=O)c1ccc2c(c1)OCO2. The average Bonchev–Trinajstić information content (AvgIpc) is 3.10. The van der Waals surface area contributed by atoms with Crippen molar-refractivity contribution in [2.75, 3.05) is 13.4 Å². The molecule has 0 bridgehead atoms. The number of carbonyl (C=O) groups excluding carboxylic acids is 1. The summed E-state index contributed by atoms with van der Waals surface area (Å²) in [5.41, 5.74) is 1.36. The highest BCUT2D eigenvalue weighted by molar-refractivity contribution is 5.96. The average molecular weight is 336 g/mol. The number of aliphatic hydroxyl groups is 1. The number of hydrogen-bond acceptors (Lipinski definition) is 5. The molecule has 1 amide bonds. The number of benzene rings is 2. The molecule has 0 radical (unpaired) electrons. The Morgan fingerprint density at radius 2 is 1.96 bits per heavy atom. The molecule has 2 aliphatic heterocycles. The van der Waals surface area contributed by atoms with Gasteiger partial charge in [0.2, 0.25) is 6.79 Å². The fourth-order valence-corrected chi connectivity index (χ4v) is 3.54. The molecule has 1 fully saturated rings. The van der Waals surface area contributed by atoms with Gasteiger partial charge in [-0.3, -0.25) is 4.79 Å². The minimum Gasteiger partial charge on any atom is -0.454 e. The van der Waals surface area contributed by atoms with Gasteiger partial charge in [-0.1, -0.05) is 30.3 Å². The number of carbonyl (C=O) groups is 1.